The summed E-state index contributed by atoms with van der Waals surface area (Å²) in [4.78, 5) is 13.1. The van der Waals surface area contributed by atoms with Gasteiger partial charge in [0.1, 0.15) is 0 Å². The molecule has 1 heterocycles. The summed E-state index contributed by atoms with van der Waals surface area (Å²) in [6.07, 6.45) is 1.55. The molecule has 0 fully saturated rings. The molecule has 22 heavy (non-hydrogen) atoms. The first-order valence-electron chi connectivity index (χ1n) is 8.50. The predicted octanol–water partition coefficient (Wildman–Crippen LogP) is 6.42. The summed E-state index contributed by atoms with van der Waals surface area (Å²) >= 11 is 1.66. The molecule has 2 nitrogen and oxygen atoms in total. The summed E-state index contributed by atoms with van der Waals surface area (Å²) in [6, 6.07) is 2.03. The minimum Gasteiger partial charge on any atom is -0.411 e. The molecular formula is C18H32O2SSi. The number of hydrogen-bond donors (Lipinski definition) is 0. The molecule has 0 radical (unpaired) electrons. The lowest BCUT2D eigenvalue weighted by molar-refractivity contribution is 0.0982. The fourth-order valence-electron chi connectivity index (χ4n) is 3.67. The number of carbonyl (C=O) groups is 1. The lowest BCUT2D eigenvalue weighted by Crippen LogP contribution is -2.47. The Morgan fingerprint density at radius 1 is 1.14 bits per heavy atom. The maximum Gasteiger partial charge on any atom is 0.200 e. The van der Waals surface area contributed by atoms with Gasteiger partial charge in [-0.15, -0.1) is 11.3 Å². The van der Waals surface area contributed by atoms with Gasteiger partial charge in [-0.2, -0.15) is 0 Å². The Morgan fingerprint density at radius 3 is 2.14 bits per heavy atom. The molecular weight excluding hydrogens is 308 g/mol. The lowest BCUT2D eigenvalue weighted by atomic mass is 10.1. The van der Waals surface area contributed by atoms with Gasteiger partial charge in [-0.25, -0.2) is 0 Å². The molecule has 0 N–H and O–H groups in total. The van der Waals surface area contributed by atoms with E-state index in [1.165, 1.54) is 4.88 Å². The molecule has 0 spiro atoms. The van der Waals surface area contributed by atoms with Crippen LogP contribution in [0.4, 0.5) is 0 Å². The van der Waals surface area contributed by atoms with Gasteiger partial charge < -0.3 is 4.43 Å². The van der Waals surface area contributed by atoms with Crippen molar-refractivity contribution < 1.29 is 9.22 Å². The fourth-order valence-corrected chi connectivity index (χ4v) is 9.98. The molecule has 1 aromatic heterocycles. The zero-order chi connectivity index (χ0) is 16.9. The van der Waals surface area contributed by atoms with Crippen molar-refractivity contribution in [3.8, 4) is 0 Å². The Morgan fingerprint density at radius 2 is 1.68 bits per heavy atom. The maximum absolute atomic E-state index is 12.0. The molecule has 4 heteroatoms. The van der Waals surface area contributed by atoms with Crippen LogP contribution >= 0.6 is 11.3 Å². The molecule has 0 aliphatic rings. The second-order valence-corrected chi connectivity index (χ2v) is 13.5. The molecule has 0 aliphatic heterocycles. The average Bonchev–Trinajstić information content (AvgIpc) is 2.87. The van der Waals surface area contributed by atoms with Crippen LogP contribution in [-0.4, -0.2) is 14.1 Å². The maximum atomic E-state index is 12.0. The van der Waals surface area contributed by atoms with Crippen molar-refractivity contribution in [3.05, 3.63) is 21.9 Å². The van der Waals surface area contributed by atoms with E-state index in [2.05, 4.69) is 41.5 Å². The quantitative estimate of drug-likeness (QED) is 0.383. The molecule has 0 saturated carbocycles. The Hall–Kier alpha value is -0.453. The average molecular weight is 341 g/mol. The monoisotopic (exact) mass is 340 g/mol. The van der Waals surface area contributed by atoms with Crippen LogP contribution in [0.2, 0.25) is 16.6 Å². The van der Waals surface area contributed by atoms with E-state index in [4.69, 9.17) is 4.43 Å². The van der Waals surface area contributed by atoms with Crippen molar-refractivity contribution in [2.24, 2.45) is 0 Å². The number of thiophene rings is 1. The summed E-state index contributed by atoms with van der Waals surface area (Å²) in [6.45, 7) is 16.5. The molecule has 1 aromatic rings. The van der Waals surface area contributed by atoms with Crippen LogP contribution in [0.15, 0.2) is 11.4 Å². The van der Waals surface area contributed by atoms with Crippen LogP contribution in [0.1, 0.15) is 76.5 Å². The van der Waals surface area contributed by atoms with E-state index in [-0.39, 0.29) is 5.78 Å². The minimum absolute atomic E-state index is 0.255. The third kappa shape index (κ3) is 4.30. The van der Waals surface area contributed by atoms with Gasteiger partial charge in [-0.3, -0.25) is 4.79 Å². The Kier molecular flexibility index (Phi) is 7.49. The molecule has 1 rings (SSSR count). The van der Waals surface area contributed by atoms with Gasteiger partial charge in [0.15, 0.2) is 5.78 Å². The summed E-state index contributed by atoms with van der Waals surface area (Å²) in [5.74, 6) is 0.255. The second kappa shape index (κ2) is 8.41. The number of carbonyl (C=O) groups excluding carboxylic acids is 1. The number of ketones is 1. The smallest absolute Gasteiger partial charge is 0.200 e. The summed E-state index contributed by atoms with van der Waals surface area (Å²) in [5.41, 5.74) is 2.63. The highest BCUT2D eigenvalue weighted by atomic mass is 32.1. The van der Waals surface area contributed by atoms with E-state index in [9.17, 15) is 4.79 Å². The van der Waals surface area contributed by atoms with E-state index in [1.807, 2.05) is 18.4 Å². The van der Waals surface area contributed by atoms with Gasteiger partial charge in [0, 0.05) is 22.2 Å². The fraction of sp³-hybridized carbons (Fsp3) is 0.722. The summed E-state index contributed by atoms with van der Waals surface area (Å²) in [7, 11) is -1.82. The molecule has 0 aromatic carbocycles. The van der Waals surface area contributed by atoms with Crippen molar-refractivity contribution in [2.75, 3.05) is 0 Å². The van der Waals surface area contributed by atoms with Crippen LogP contribution in [0.25, 0.3) is 0 Å². The van der Waals surface area contributed by atoms with Crippen LogP contribution in [0.5, 0.6) is 0 Å². The first-order valence-corrected chi connectivity index (χ1v) is 11.5. The van der Waals surface area contributed by atoms with E-state index < -0.39 is 8.32 Å². The Labute approximate surface area is 141 Å². The predicted molar refractivity (Wildman–Crippen MR) is 99.4 cm³/mol. The lowest BCUT2D eigenvalue weighted by Gasteiger charge is -2.42. The van der Waals surface area contributed by atoms with Gasteiger partial charge in [-0.1, -0.05) is 48.5 Å². The van der Waals surface area contributed by atoms with Crippen molar-refractivity contribution in [3.63, 3.8) is 0 Å². The molecule has 126 valence electrons. The van der Waals surface area contributed by atoms with Crippen molar-refractivity contribution in [1.82, 2.24) is 0 Å². The summed E-state index contributed by atoms with van der Waals surface area (Å²) < 4.78 is 6.59. The first-order chi connectivity index (χ1) is 10.3. The van der Waals surface area contributed by atoms with Crippen LogP contribution in [0, 0.1) is 0 Å². The third-order valence-corrected chi connectivity index (χ3v) is 11.6. The highest BCUT2D eigenvalue weighted by Crippen LogP contribution is 2.42. The van der Waals surface area contributed by atoms with E-state index in [0.29, 0.717) is 29.7 Å². The zero-order valence-electron chi connectivity index (χ0n) is 15.2. The third-order valence-electron chi connectivity index (χ3n) is 4.62. The van der Waals surface area contributed by atoms with Crippen LogP contribution in [0.3, 0.4) is 0 Å². The van der Waals surface area contributed by atoms with Crippen molar-refractivity contribution in [1.29, 1.82) is 0 Å². The van der Waals surface area contributed by atoms with Gasteiger partial charge in [0.05, 0.1) is 6.61 Å². The number of hydrogen-bond acceptors (Lipinski definition) is 3. The highest BCUT2D eigenvalue weighted by Gasteiger charge is 2.45. The Balaban J connectivity index is 2.84. The van der Waals surface area contributed by atoms with Crippen LogP contribution in [-0.2, 0) is 11.0 Å². The first kappa shape index (κ1) is 19.6. The van der Waals surface area contributed by atoms with E-state index in [0.717, 1.165) is 12.0 Å². The largest absolute Gasteiger partial charge is 0.411 e. The van der Waals surface area contributed by atoms with Gasteiger partial charge in [0.2, 0.25) is 8.32 Å². The molecule has 0 unspecified atom stereocenters. The second-order valence-electron chi connectivity index (χ2n) is 7.08. The zero-order valence-corrected chi connectivity index (χ0v) is 17.0. The Bertz CT molecular complexity index is 455. The van der Waals surface area contributed by atoms with Crippen molar-refractivity contribution >= 4 is 25.4 Å². The normalized spacial score (nSPS) is 12.6. The van der Waals surface area contributed by atoms with Crippen LogP contribution < -0.4 is 0 Å². The number of rotatable bonds is 9. The van der Waals surface area contributed by atoms with Gasteiger partial charge in [0.25, 0.3) is 0 Å². The molecule has 0 amide bonds. The minimum atomic E-state index is -1.82. The van der Waals surface area contributed by atoms with Gasteiger partial charge >= 0.3 is 0 Å². The number of Topliss-reactive ketones (excluding diaryl/α,β-unsaturated/α-hetero) is 1. The molecule has 0 aliphatic carbocycles. The molecule has 0 saturated heterocycles. The summed E-state index contributed by atoms with van der Waals surface area (Å²) in [5, 5.41) is 1.99. The van der Waals surface area contributed by atoms with Crippen molar-refractivity contribution in [2.45, 2.75) is 84.5 Å². The molecule has 0 atom stereocenters. The van der Waals surface area contributed by atoms with Gasteiger partial charge in [-0.05, 0) is 29.1 Å². The van der Waals surface area contributed by atoms with E-state index >= 15 is 0 Å². The SMILES string of the molecule is CCCC(=O)c1csc(CO[Si](C(C)C)(C(C)C)C(C)C)c1. The van der Waals surface area contributed by atoms with E-state index in [1.54, 1.807) is 11.3 Å². The molecule has 0 bridgehead atoms. The standard InChI is InChI=1S/C18H32O2SSi/c1-8-9-18(19)16-10-17(21-12-16)11-20-22(13(2)3,14(4)5)15(6)7/h10,12-15H,8-9,11H2,1-7H3. The highest BCUT2D eigenvalue weighted by molar-refractivity contribution is 7.10. The topological polar surface area (TPSA) is 26.3 Å².